The summed E-state index contributed by atoms with van der Waals surface area (Å²) in [6.07, 6.45) is -0.151. The third-order valence-corrected chi connectivity index (χ3v) is 9.92. The number of hydrogen-bond donors (Lipinski definition) is 0. The Kier molecular flexibility index (Phi) is 8.90. The number of benzene rings is 6. The van der Waals surface area contributed by atoms with Gasteiger partial charge in [0.2, 0.25) is 0 Å². The summed E-state index contributed by atoms with van der Waals surface area (Å²) in [5, 5.41) is 4.53. The van der Waals surface area contributed by atoms with Crippen LogP contribution in [0.25, 0.3) is 71.7 Å². The van der Waals surface area contributed by atoms with E-state index in [9.17, 15) is 0 Å². The maximum absolute atomic E-state index is 8.78. The number of nitrogens with zero attached hydrogens (tertiary/aromatic N) is 3. The first-order valence-electron chi connectivity index (χ1n) is 21.8. The van der Waals surface area contributed by atoms with Gasteiger partial charge in [0, 0.05) is 48.4 Å². The number of rotatable bonds is 7. The third-order valence-electron chi connectivity index (χ3n) is 9.03. The van der Waals surface area contributed by atoms with Crippen LogP contribution in [0.4, 0.5) is 0 Å². The number of para-hydroxylation sites is 3. The molecule has 0 amide bonds. The summed E-state index contributed by atoms with van der Waals surface area (Å²) in [4.78, 5) is 9.30. The smallest absolute Gasteiger partial charge is 0.0774 e. The van der Waals surface area contributed by atoms with Gasteiger partial charge in [-0.15, -0.1) is 46.8 Å². The Labute approximate surface area is 353 Å². The predicted octanol–water partition coefficient (Wildman–Crippen LogP) is 13.4. The number of hydrogen-bond acceptors (Lipinski definition) is 3. The van der Waals surface area contributed by atoms with Gasteiger partial charge in [-0.2, -0.15) is 0 Å². The van der Waals surface area contributed by atoms with Crippen molar-refractivity contribution in [3.8, 4) is 50.6 Å². The molecule has 0 aliphatic carbocycles. The number of pyridine rings is 1. The topological polar surface area (TPSA) is 30.7 Å². The van der Waals surface area contributed by atoms with E-state index in [2.05, 4.69) is 106 Å². The molecule has 5 heteroatoms. The van der Waals surface area contributed by atoms with Gasteiger partial charge in [0.15, 0.2) is 0 Å². The fraction of sp³-hybridized carbons (Fsp3) is 0.120. The molecule has 9 rings (SSSR count). The molecular weight excluding hydrogens is 867 g/mol. The maximum atomic E-state index is 8.78. The van der Waals surface area contributed by atoms with Crippen molar-refractivity contribution in [1.82, 2.24) is 14.5 Å². The minimum Gasteiger partial charge on any atom is -0.332 e. The molecule has 55 heavy (non-hydrogen) atoms. The Morgan fingerprint density at radius 2 is 1.44 bits per heavy atom. The molecular formula is C50H41IrN3S-2. The average molecular weight is 916 g/mol. The van der Waals surface area contributed by atoms with Crippen molar-refractivity contribution in [2.45, 2.75) is 33.9 Å². The summed E-state index contributed by atoms with van der Waals surface area (Å²) in [6, 6.07) is 52.1. The maximum Gasteiger partial charge on any atom is 0.0774 e. The molecule has 1 radical (unpaired) electrons. The number of thiophene rings is 1. The Hall–Kier alpha value is -5.45. The van der Waals surface area contributed by atoms with E-state index in [1.165, 1.54) is 24.4 Å². The summed E-state index contributed by atoms with van der Waals surface area (Å²) in [7, 11) is 0. The van der Waals surface area contributed by atoms with Crippen molar-refractivity contribution in [3.05, 3.63) is 186 Å². The van der Waals surface area contributed by atoms with Crippen LogP contribution < -0.4 is 0 Å². The number of aromatic nitrogens is 3. The second-order valence-electron chi connectivity index (χ2n) is 13.2. The van der Waals surface area contributed by atoms with Gasteiger partial charge in [-0.25, -0.2) is 0 Å². The van der Waals surface area contributed by atoms with Gasteiger partial charge in [0.25, 0.3) is 0 Å². The first kappa shape index (κ1) is 28.9. The van der Waals surface area contributed by atoms with Gasteiger partial charge >= 0.3 is 0 Å². The quantitative estimate of drug-likeness (QED) is 0.149. The van der Waals surface area contributed by atoms with Crippen LogP contribution in [0.5, 0.6) is 0 Å². The molecule has 0 saturated carbocycles. The van der Waals surface area contributed by atoms with Gasteiger partial charge in [-0.1, -0.05) is 157 Å². The van der Waals surface area contributed by atoms with Crippen LogP contribution in [-0.4, -0.2) is 14.5 Å². The summed E-state index contributed by atoms with van der Waals surface area (Å²) in [6.45, 7) is -0.486. The van der Waals surface area contributed by atoms with Gasteiger partial charge in [0.1, 0.15) is 0 Å². The molecule has 0 spiro atoms. The number of fused-ring (bicyclic) bond motifs is 2. The molecule has 0 atom stereocenters. The Balaban J connectivity index is 0.000000239. The van der Waals surface area contributed by atoms with E-state index in [1.807, 2.05) is 50.2 Å². The van der Waals surface area contributed by atoms with E-state index < -0.39 is 20.1 Å². The van der Waals surface area contributed by atoms with Crippen LogP contribution in [0, 0.1) is 31.1 Å². The predicted molar refractivity (Wildman–Crippen MR) is 228 cm³/mol. The summed E-state index contributed by atoms with van der Waals surface area (Å²) < 4.78 is 64.5. The van der Waals surface area contributed by atoms with Gasteiger partial charge in [0.05, 0.1) is 22.5 Å². The molecule has 0 aliphatic heterocycles. The zero-order valence-electron chi connectivity index (χ0n) is 38.2. The van der Waals surface area contributed by atoms with Crippen LogP contribution in [-0.2, 0) is 26.5 Å². The monoisotopic (exact) mass is 916 g/mol. The van der Waals surface area contributed by atoms with Crippen molar-refractivity contribution in [2.24, 2.45) is 5.92 Å². The molecule has 0 fully saturated rings. The van der Waals surface area contributed by atoms with Gasteiger partial charge < -0.3 is 9.55 Å². The van der Waals surface area contributed by atoms with Crippen molar-refractivity contribution in [2.75, 3.05) is 0 Å². The summed E-state index contributed by atoms with van der Waals surface area (Å²) >= 11 is 1.55. The fourth-order valence-electron chi connectivity index (χ4n) is 6.61. The molecule has 3 nitrogen and oxygen atoms in total. The average Bonchev–Trinajstić information content (AvgIpc) is 3.87. The molecule has 3 heterocycles. The summed E-state index contributed by atoms with van der Waals surface area (Å²) in [5.41, 5.74) is 10.5. The van der Waals surface area contributed by atoms with Crippen molar-refractivity contribution >= 4 is 32.5 Å². The minimum absolute atomic E-state index is 0. The van der Waals surface area contributed by atoms with Crippen LogP contribution >= 0.6 is 11.3 Å². The standard InChI is InChI=1S/C37H29N2S.C13H12N.Ir/c1-25(2)22-26-20-21-35-31(23-26)32(24-40-35)37-38-33-18-9-10-19-34(33)39(37)36-29(27-12-5-3-6-13-27)16-11-17-30(36)28-14-7-4-8-15-28;1-10-3-6-12(7-4-10)13-8-5-11(2)9-14-13;/h3-21,23,25H,22H2,1-2H3;3-6,8-9H,1-2H3;/q2*-1;/i22D2;1D3,2D3;. The molecule has 6 aromatic carbocycles. The van der Waals surface area contributed by atoms with E-state index in [0.717, 1.165) is 60.4 Å². The second-order valence-corrected chi connectivity index (χ2v) is 14.1. The Bertz CT molecular complexity index is 2860. The molecule has 0 bridgehead atoms. The number of aryl methyl sites for hydroxylation is 2. The van der Waals surface area contributed by atoms with Crippen molar-refractivity contribution in [1.29, 1.82) is 0 Å². The third kappa shape index (κ3) is 8.16. The van der Waals surface area contributed by atoms with E-state index in [4.69, 9.17) is 16.0 Å². The number of imidazole rings is 1. The molecule has 9 aromatic rings. The molecule has 273 valence electrons. The fourth-order valence-corrected chi connectivity index (χ4v) is 7.43. The largest absolute Gasteiger partial charge is 0.332 e. The first-order valence-corrected chi connectivity index (χ1v) is 18.6. The zero-order valence-corrected chi connectivity index (χ0v) is 33.4. The van der Waals surface area contributed by atoms with Gasteiger partial charge in [-0.3, -0.25) is 16.3 Å². The molecule has 0 aliphatic rings. The first-order chi connectivity index (χ1) is 29.6. The van der Waals surface area contributed by atoms with Crippen LogP contribution in [0.15, 0.2) is 158 Å². The molecule has 0 unspecified atom stereocenters. The van der Waals surface area contributed by atoms with Crippen LogP contribution in [0.1, 0.15) is 41.5 Å². The Morgan fingerprint density at radius 3 is 2.07 bits per heavy atom. The van der Waals surface area contributed by atoms with E-state index in [-0.39, 0.29) is 37.2 Å². The van der Waals surface area contributed by atoms with E-state index >= 15 is 0 Å². The molecule has 0 N–H and O–H groups in total. The molecule has 3 aromatic heterocycles. The second kappa shape index (κ2) is 16.9. The van der Waals surface area contributed by atoms with E-state index in [0.29, 0.717) is 16.8 Å². The van der Waals surface area contributed by atoms with E-state index in [1.54, 1.807) is 23.5 Å². The van der Waals surface area contributed by atoms with Gasteiger partial charge in [-0.05, 0) is 53.7 Å². The molecule has 0 saturated heterocycles. The minimum atomic E-state index is -2.18. The normalized spacial score (nSPS) is 13.9. The SMILES string of the molecule is [2H]C([2H])([2H])c1c[c-]c(-c2ccc(C([2H])([2H])[2H])cn2)cc1.[2H]C([2H])(c1ccc2s[c-]c(-c3nc4ccccc4n3-c3c(-c4ccccc4)cccc3-c3ccccc3)c2c1)C(C)C.[Ir]. The Morgan fingerprint density at radius 1 is 0.745 bits per heavy atom. The van der Waals surface area contributed by atoms with Crippen molar-refractivity contribution < 1.29 is 31.1 Å². The zero-order chi connectivity index (χ0) is 43.8. The van der Waals surface area contributed by atoms with Crippen LogP contribution in [0.2, 0.25) is 0 Å². The summed E-state index contributed by atoms with van der Waals surface area (Å²) in [5.74, 6) is 0.641. The van der Waals surface area contributed by atoms with Crippen molar-refractivity contribution in [3.63, 3.8) is 0 Å². The van der Waals surface area contributed by atoms with Crippen LogP contribution in [0.3, 0.4) is 0 Å².